The molecule has 2 aromatic rings. The summed E-state index contributed by atoms with van der Waals surface area (Å²) in [6, 6.07) is 17.1. The van der Waals surface area contributed by atoms with Crippen LogP contribution in [0.15, 0.2) is 59.6 Å². The van der Waals surface area contributed by atoms with Crippen LogP contribution in [0.3, 0.4) is 0 Å². The highest BCUT2D eigenvalue weighted by Gasteiger charge is 2.04. The summed E-state index contributed by atoms with van der Waals surface area (Å²) in [6.45, 7) is 0.737. The lowest BCUT2D eigenvalue weighted by atomic mass is 10.2. The highest BCUT2D eigenvalue weighted by molar-refractivity contribution is 5.95. The summed E-state index contributed by atoms with van der Waals surface area (Å²) in [7, 11) is 1.66. The molecule has 0 spiro atoms. The van der Waals surface area contributed by atoms with E-state index in [0.29, 0.717) is 18.2 Å². The number of hydrogen-bond donors (Lipinski definition) is 3. The van der Waals surface area contributed by atoms with E-state index in [2.05, 4.69) is 26.9 Å². The highest BCUT2D eigenvalue weighted by atomic mass is 16.1. The average molecular weight is 320 g/mol. The molecule has 0 fully saturated rings. The minimum atomic E-state index is -0.174. The number of benzene rings is 2. The number of terminal acetylenes is 1. The molecule has 1 amide bonds. The summed E-state index contributed by atoms with van der Waals surface area (Å²) in [5, 5.41) is 8.92. The molecular weight excluding hydrogens is 300 g/mol. The smallest absolute Gasteiger partial charge is 0.243 e. The Bertz CT molecular complexity index is 747. The van der Waals surface area contributed by atoms with Crippen LogP contribution >= 0.6 is 0 Å². The van der Waals surface area contributed by atoms with Gasteiger partial charge in [0.1, 0.15) is 0 Å². The minimum Gasteiger partial charge on any atom is -0.352 e. The van der Waals surface area contributed by atoms with Crippen LogP contribution in [0.2, 0.25) is 0 Å². The molecule has 0 unspecified atom stereocenters. The third-order valence-electron chi connectivity index (χ3n) is 3.26. The first kappa shape index (κ1) is 17.1. The average Bonchev–Trinajstić information content (AvgIpc) is 2.63. The summed E-state index contributed by atoms with van der Waals surface area (Å²) in [5.41, 5.74) is 2.53. The molecule has 0 aromatic heterocycles. The summed E-state index contributed by atoms with van der Waals surface area (Å²) in [5.74, 6) is 2.92. The van der Waals surface area contributed by atoms with Crippen LogP contribution in [-0.4, -0.2) is 25.5 Å². The summed E-state index contributed by atoms with van der Waals surface area (Å²) in [4.78, 5) is 16.1. The van der Waals surface area contributed by atoms with E-state index < -0.39 is 0 Å². The number of nitrogens with one attached hydrogen (secondary N) is 3. The number of anilines is 1. The standard InChI is InChI=1S/C19H20N4O/c1-3-15-10-7-11-17(12-15)23-18(24)14-22-19(20-2)21-13-16-8-5-4-6-9-16/h1,4-12H,13-14H2,2H3,(H,23,24)(H2,20,21,22). The molecule has 0 aliphatic heterocycles. The molecule has 3 N–H and O–H groups in total. The van der Waals surface area contributed by atoms with E-state index in [4.69, 9.17) is 6.42 Å². The zero-order valence-electron chi connectivity index (χ0n) is 13.5. The number of carbonyl (C=O) groups excluding carboxylic acids is 1. The molecule has 5 heteroatoms. The SMILES string of the molecule is C#Cc1cccc(NC(=O)CNC(=NC)NCc2ccccc2)c1. The molecule has 24 heavy (non-hydrogen) atoms. The van der Waals surface area contributed by atoms with Crippen molar-refractivity contribution in [3.8, 4) is 12.3 Å². The van der Waals surface area contributed by atoms with Gasteiger partial charge in [0.15, 0.2) is 5.96 Å². The lowest BCUT2D eigenvalue weighted by Gasteiger charge is -2.12. The summed E-state index contributed by atoms with van der Waals surface area (Å²) >= 11 is 0. The van der Waals surface area contributed by atoms with E-state index in [9.17, 15) is 4.79 Å². The van der Waals surface area contributed by atoms with Crippen molar-refractivity contribution in [1.82, 2.24) is 10.6 Å². The molecule has 5 nitrogen and oxygen atoms in total. The fourth-order valence-electron chi connectivity index (χ4n) is 2.06. The Balaban J connectivity index is 1.80. The van der Waals surface area contributed by atoms with Crippen LogP contribution in [0.25, 0.3) is 0 Å². The Labute approximate surface area is 142 Å². The molecule has 0 saturated carbocycles. The van der Waals surface area contributed by atoms with Crippen LogP contribution in [0, 0.1) is 12.3 Å². The molecule has 0 heterocycles. The molecule has 0 aliphatic rings. The van der Waals surface area contributed by atoms with E-state index in [1.165, 1.54) is 0 Å². The van der Waals surface area contributed by atoms with Crippen molar-refractivity contribution in [1.29, 1.82) is 0 Å². The molecular formula is C19H20N4O. The van der Waals surface area contributed by atoms with Gasteiger partial charge >= 0.3 is 0 Å². The number of hydrogen-bond acceptors (Lipinski definition) is 2. The van der Waals surface area contributed by atoms with Crippen LogP contribution in [0.5, 0.6) is 0 Å². The predicted molar refractivity (Wildman–Crippen MR) is 97.7 cm³/mol. The van der Waals surface area contributed by atoms with Gasteiger partial charge in [0, 0.05) is 24.8 Å². The maximum Gasteiger partial charge on any atom is 0.243 e. The van der Waals surface area contributed by atoms with Gasteiger partial charge in [0.05, 0.1) is 6.54 Å². The van der Waals surface area contributed by atoms with Crippen molar-refractivity contribution in [2.45, 2.75) is 6.54 Å². The third kappa shape index (κ3) is 5.50. The third-order valence-corrected chi connectivity index (χ3v) is 3.26. The predicted octanol–water partition coefficient (Wildman–Crippen LogP) is 1.97. The van der Waals surface area contributed by atoms with Gasteiger partial charge in [-0.3, -0.25) is 9.79 Å². The Morgan fingerprint density at radius 3 is 2.62 bits per heavy atom. The number of rotatable bonds is 5. The fraction of sp³-hybridized carbons (Fsp3) is 0.158. The second-order valence-corrected chi connectivity index (χ2v) is 5.04. The number of amides is 1. The lowest BCUT2D eigenvalue weighted by Crippen LogP contribution is -2.41. The zero-order chi connectivity index (χ0) is 17.2. The summed E-state index contributed by atoms with van der Waals surface area (Å²) < 4.78 is 0. The number of nitrogens with zero attached hydrogens (tertiary/aromatic N) is 1. The molecule has 0 bridgehead atoms. The second-order valence-electron chi connectivity index (χ2n) is 5.04. The topological polar surface area (TPSA) is 65.5 Å². The first-order valence-corrected chi connectivity index (χ1v) is 7.56. The molecule has 2 aromatic carbocycles. The van der Waals surface area contributed by atoms with Crippen LogP contribution in [0.1, 0.15) is 11.1 Å². The van der Waals surface area contributed by atoms with Crippen LogP contribution in [-0.2, 0) is 11.3 Å². The van der Waals surface area contributed by atoms with Crippen molar-refractivity contribution >= 4 is 17.6 Å². The highest BCUT2D eigenvalue weighted by Crippen LogP contribution is 2.09. The van der Waals surface area contributed by atoms with Gasteiger partial charge in [-0.2, -0.15) is 0 Å². The van der Waals surface area contributed by atoms with Crippen molar-refractivity contribution in [3.63, 3.8) is 0 Å². The molecule has 0 aliphatic carbocycles. The van der Waals surface area contributed by atoms with E-state index in [1.54, 1.807) is 25.2 Å². The van der Waals surface area contributed by atoms with Gasteiger partial charge in [-0.05, 0) is 23.8 Å². The van der Waals surface area contributed by atoms with Gasteiger partial charge < -0.3 is 16.0 Å². The maximum atomic E-state index is 12.0. The second kappa shape index (κ2) is 9.01. The van der Waals surface area contributed by atoms with Gasteiger partial charge in [-0.25, -0.2) is 0 Å². The van der Waals surface area contributed by atoms with Gasteiger partial charge in [0.2, 0.25) is 5.91 Å². The normalized spacial score (nSPS) is 10.6. The van der Waals surface area contributed by atoms with Crippen molar-refractivity contribution in [3.05, 3.63) is 65.7 Å². The molecule has 0 radical (unpaired) electrons. The zero-order valence-corrected chi connectivity index (χ0v) is 13.5. The molecule has 122 valence electrons. The quantitative estimate of drug-likeness (QED) is 0.448. The monoisotopic (exact) mass is 320 g/mol. The van der Waals surface area contributed by atoms with E-state index >= 15 is 0 Å². The Morgan fingerprint density at radius 1 is 1.12 bits per heavy atom. The molecule has 0 saturated heterocycles. The first-order chi connectivity index (χ1) is 11.7. The van der Waals surface area contributed by atoms with Gasteiger partial charge in [-0.1, -0.05) is 42.3 Å². The van der Waals surface area contributed by atoms with Crippen molar-refractivity contribution in [2.75, 3.05) is 18.9 Å². The van der Waals surface area contributed by atoms with Gasteiger partial charge in [-0.15, -0.1) is 6.42 Å². The molecule has 2 rings (SSSR count). The first-order valence-electron chi connectivity index (χ1n) is 7.56. The Hall–Kier alpha value is -3.26. The lowest BCUT2D eigenvalue weighted by molar-refractivity contribution is -0.115. The summed E-state index contributed by atoms with van der Waals surface area (Å²) in [6.07, 6.45) is 5.35. The number of aliphatic imine (C=N–C) groups is 1. The van der Waals surface area contributed by atoms with Crippen LogP contribution < -0.4 is 16.0 Å². The van der Waals surface area contributed by atoms with E-state index in [-0.39, 0.29) is 12.5 Å². The van der Waals surface area contributed by atoms with Gasteiger partial charge in [0.25, 0.3) is 0 Å². The van der Waals surface area contributed by atoms with Crippen molar-refractivity contribution in [2.24, 2.45) is 4.99 Å². The molecule has 0 atom stereocenters. The van der Waals surface area contributed by atoms with Crippen molar-refractivity contribution < 1.29 is 4.79 Å². The van der Waals surface area contributed by atoms with Crippen LogP contribution in [0.4, 0.5) is 5.69 Å². The Kier molecular flexibility index (Phi) is 6.42. The number of carbonyl (C=O) groups is 1. The maximum absolute atomic E-state index is 12.0. The fourth-order valence-corrected chi connectivity index (χ4v) is 2.06. The Morgan fingerprint density at radius 2 is 1.92 bits per heavy atom. The van der Waals surface area contributed by atoms with E-state index in [1.807, 2.05) is 36.4 Å². The minimum absolute atomic E-state index is 0.106. The van der Waals surface area contributed by atoms with E-state index in [0.717, 1.165) is 11.1 Å². The largest absolute Gasteiger partial charge is 0.352 e. The number of guanidine groups is 1.